The van der Waals surface area contributed by atoms with Crippen LogP contribution in [0, 0.1) is 17.4 Å². The first-order chi connectivity index (χ1) is 3.29. The fourth-order valence-electron chi connectivity index (χ4n) is 0.358. The van der Waals surface area contributed by atoms with Crippen LogP contribution in [0.5, 0.6) is 0 Å². The lowest BCUT2D eigenvalue weighted by molar-refractivity contribution is 0.656. The monoisotopic (exact) mass is 115 g/mol. The Hall–Kier alpha value is -0.370. The van der Waals surface area contributed by atoms with Crippen molar-refractivity contribution in [1.29, 1.82) is 0 Å². The Bertz CT molecular complexity index is 140. The summed E-state index contributed by atoms with van der Waals surface area (Å²) in [7, 11) is 0. The number of hydrogen-bond donors (Lipinski definition) is 0. The maximum Gasteiger partial charge on any atom is 0.177 e. The van der Waals surface area contributed by atoms with Gasteiger partial charge in [-0.15, -0.1) is 11.3 Å². The van der Waals surface area contributed by atoms with Crippen molar-refractivity contribution >= 4 is 11.3 Å². The molecule has 0 N–H and O–H groups in total. The second-order valence-electron chi connectivity index (χ2n) is 1.34. The Balaban J connectivity index is 3.04. The lowest BCUT2D eigenvalue weighted by Gasteiger charge is -1.66. The van der Waals surface area contributed by atoms with E-state index in [-0.39, 0.29) is 5.13 Å². The number of hydrogen-bond acceptors (Lipinski definition) is 1. The van der Waals surface area contributed by atoms with E-state index in [9.17, 15) is 4.39 Å². The summed E-state index contributed by atoms with van der Waals surface area (Å²) >= 11 is 1.01. The van der Waals surface area contributed by atoms with Crippen molar-refractivity contribution in [3.05, 3.63) is 22.1 Å². The van der Waals surface area contributed by atoms with E-state index in [1.165, 1.54) is 6.07 Å². The van der Waals surface area contributed by atoms with Crippen molar-refractivity contribution in [3.8, 4) is 0 Å². The summed E-state index contributed by atoms with van der Waals surface area (Å²) in [5.41, 5.74) is 0.877. The summed E-state index contributed by atoms with van der Waals surface area (Å²) in [6.07, 6.45) is 0. The van der Waals surface area contributed by atoms with Crippen LogP contribution in [-0.2, 0) is 0 Å². The molecule has 0 aromatic carbocycles. The fraction of sp³-hybridized carbons (Fsp3) is 0.200. The van der Waals surface area contributed by atoms with Gasteiger partial charge in [0, 0.05) is 0 Å². The smallest absolute Gasteiger partial charge is 0.177 e. The highest BCUT2D eigenvalue weighted by Crippen LogP contribution is 2.08. The van der Waals surface area contributed by atoms with Gasteiger partial charge in [-0.2, -0.15) is 4.39 Å². The van der Waals surface area contributed by atoms with Gasteiger partial charge in [0.1, 0.15) is 0 Å². The predicted octanol–water partition coefficient (Wildman–Crippen LogP) is 2.00. The molecular formula is C5H4FS. The van der Waals surface area contributed by atoms with Crippen molar-refractivity contribution in [2.75, 3.05) is 0 Å². The largest absolute Gasteiger partial charge is 0.195 e. The molecule has 0 atom stereocenters. The first-order valence-corrected chi connectivity index (χ1v) is 2.74. The van der Waals surface area contributed by atoms with Crippen LogP contribution in [0.4, 0.5) is 4.39 Å². The summed E-state index contributed by atoms with van der Waals surface area (Å²) in [6.45, 7) is 1.82. The molecule has 1 rings (SSSR count). The van der Waals surface area contributed by atoms with Crippen molar-refractivity contribution < 1.29 is 4.39 Å². The van der Waals surface area contributed by atoms with Crippen LogP contribution in [0.1, 0.15) is 5.56 Å². The normalized spacial score (nSPS) is 9.43. The Labute approximate surface area is 45.6 Å². The molecule has 0 spiro atoms. The SMILES string of the molecule is Cc1[c]sc(F)c1. The van der Waals surface area contributed by atoms with E-state index in [1.807, 2.05) is 6.92 Å². The van der Waals surface area contributed by atoms with Crippen LogP contribution in [0.25, 0.3) is 0 Å². The van der Waals surface area contributed by atoms with Crippen molar-refractivity contribution in [2.24, 2.45) is 0 Å². The van der Waals surface area contributed by atoms with Crippen molar-refractivity contribution in [3.63, 3.8) is 0 Å². The van der Waals surface area contributed by atoms with Gasteiger partial charge in [-0.25, -0.2) is 0 Å². The molecule has 1 heterocycles. The van der Waals surface area contributed by atoms with E-state index in [0.29, 0.717) is 0 Å². The number of rotatable bonds is 0. The Morgan fingerprint density at radius 3 is 2.71 bits per heavy atom. The Kier molecular flexibility index (Phi) is 1.11. The molecule has 0 fully saturated rings. The van der Waals surface area contributed by atoms with E-state index in [4.69, 9.17) is 0 Å². The van der Waals surface area contributed by atoms with Gasteiger partial charge >= 0.3 is 0 Å². The standard InChI is InChI=1S/C5H4FS/c1-4-2-5(6)7-3-4/h2H,1H3. The Morgan fingerprint density at radius 1 is 1.86 bits per heavy atom. The number of halogens is 1. The topological polar surface area (TPSA) is 0 Å². The minimum Gasteiger partial charge on any atom is -0.195 e. The van der Waals surface area contributed by atoms with Crippen molar-refractivity contribution in [2.45, 2.75) is 6.92 Å². The number of aryl methyl sites for hydroxylation is 1. The fourth-order valence-corrected chi connectivity index (χ4v) is 0.912. The highest BCUT2D eigenvalue weighted by Gasteiger charge is 1.89. The van der Waals surface area contributed by atoms with Gasteiger partial charge in [0.25, 0.3) is 0 Å². The zero-order valence-electron chi connectivity index (χ0n) is 3.86. The minimum atomic E-state index is -0.155. The molecule has 1 radical (unpaired) electrons. The molecule has 1 aromatic heterocycles. The average Bonchev–Trinajstić information content (AvgIpc) is 1.87. The average molecular weight is 115 g/mol. The molecule has 2 heteroatoms. The summed E-state index contributed by atoms with van der Waals surface area (Å²) in [4.78, 5) is 0. The van der Waals surface area contributed by atoms with Gasteiger partial charge in [-0.3, -0.25) is 0 Å². The highest BCUT2D eigenvalue weighted by molar-refractivity contribution is 7.07. The third-order valence-electron chi connectivity index (χ3n) is 0.640. The number of thiophene rings is 1. The lowest BCUT2D eigenvalue weighted by atomic mass is 10.4. The van der Waals surface area contributed by atoms with Crippen molar-refractivity contribution in [1.82, 2.24) is 0 Å². The Morgan fingerprint density at radius 2 is 2.57 bits per heavy atom. The molecule has 0 aliphatic carbocycles. The summed E-state index contributed by atoms with van der Waals surface area (Å²) in [5, 5.41) is 2.58. The summed E-state index contributed by atoms with van der Waals surface area (Å²) < 4.78 is 11.9. The molecule has 0 aliphatic heterocycles. The van der Waals surface area contributed by atoms with Crippen LogP contribution in [0.2, 0.25) is 0 Å². The van der Waals surface area contributed by atoms with Crippen LogP contribution in [0.3, 0.4) is 0 Å². The summed E-state index contributed by atoms with van der Waals surface area (Å²) in [6, 6.07) is 1.46. The minimum absolute atomic E-state index is 0.155. The van der Waals surface area contributed by atoms with Crippen LogP contribution in [0.15, 0.2) is 6.07 Å². The molecular weight excluding hydrogens is 111 g/mol. The zero-order chi connectivity index (χ0) is 5.28. The second-order valence-corrected chi connectivity index (χ2v) is 2.13. The molecule has 7 heavy (non-hydrogen) atoms. The van der Waals surface area contributed by atoms with Crippen LogP contribution in [-0.4, -0.2) is 0 Å². The van der Waals surface area contributed by atoms with E-state index >= 15 is 0 Å². The molecule has 37 valence electrons. The molecule has 0 amide bonds. The molecule has 0 saturated heterocycles. The molecule has 0 bridgehead atoms. The van der Waals surface area contributed by atoms with Gasteiger partial charge in [0.05, 0.1) is 5.38 Å². The van der Waals surface area contributed by atoms with Gasteiger partial charge in [-0.05, 0) is 18.6 Å². The third kappa shape index (κ3) is 0.996. The van der Waals surface area contributed by atoms with Gasteiger partial charge in [0.15, 0.2) is 5.13 Å². The first kappa shape index (κ1) is 4.78. The van der Waals surface area contributed by atoms with Gasteiger partial charge in [0.2, 0.25) is 0 Å². The van der Waals surface area contributed by atoms with E-state index < -0.39 is 0 Å². The maximum atomic E-state index is 11.9. The maximum absolute atomic E-state index is 11.9. The second kappa shape index (κ2) is 1.62. The lowest BCUT2D eigenvalue weighted by Crippen LogP contribution is -1.54. The van der Waals surface area contributed by atoms with Crippen LogP contribution >= 0.6 is 11.3 Å². The summed E-state index contributed by atoms with van der Waals surface area (Å²) in [5.74, 6) is 0. The zero-order valence-corrected chi connectivity index (χ0v) is 4.68. The van der Waals surface area contributed by atoms with Gasteiger partial charge in [-0.1, -0.05) is 0 Å². The van der Waals surface area contributed by atoms with Crippen LogP contribution < -0.4 is 0 Å². The third-order valence-corrected chi connectivity index (χ3v) is 1.38. The van der Waals surface area contributed by atoms with Gasteiger partial charge < -0.3 is 0 Å². The highest BCUT2D eigenvalue weighted by atomic mass is 32.1. The quantitative estimate of drug-likeness (QED) is 0.485. The molecule has 0 unspecified atom stereocenters. The molecule has 1 aromatic rings. The molecule has 0 saturated carbocycles. The molecule has 0 aliphatic rings. The van der Waals surface area contributed by atoms with E-state index in [2.05, 4.69) is 5.38 Å². The molecule has 0 nitrogen and oxygen atoms in total. The van der Waals surface area contributed by atoms with E-state index in [0.717, 1.165) is 16.9 Å². The first-order valence-electron chi connectivity index (χ1n) is 1.92. The van der Waals surface area contributed by atoms with E-state index in [1.54, 1.807) is 0 Å². The predicted molar refractivity (Wildman–Crippen MR) is 27.8 cm³/mol.